The van der Waals surface area contributed by atoms with Gasteiger partial charge in [-0.25, -0.2) is 8.78 Å². The third kappa shape index (κ3) is 2.93. The second kappa shape index (κ2) is 4.71. The van der Waals surface area contributed by atoms with E-state index in [-0.39, 0.29) is 0 Å². The number of rotatable bonds is 3. The Kier molecular flexibility index (Phi) is 3.84. The number of hydrogen-bond donors (Lipinski definition) is 0. The molecule has 0 aromatic rings. The fourth-order valence-corrected chi connectivity index (χ4v) is 1.93. The molecule has 1 saturated carbocycles. The monoisotopic (exact) mass is 206 g/mol. The van der Waals surface area contributed by atoms with Gasteiger partial charge in [0.05, 0.1) is 7.11 Å². The fourth-order valence-electron chi connectivity index (χ4n) is 1.93. The van der Waals surface area contributed by atoms with E-state index < -0.39 is 24.2 Å². The molecule has 14 heavy (non-hydrogen) atoms. The Morgan fingerprint density at radius 3 is 2.43 bits per heavy atom. The van der Waals surface area contributed by atoms with E-state index in [4.69, 9.17) is 0 Å². The summed E-state index contributed by atoms with van der Waals surface area (Å²) < 4.78 is 31.1. The van der Waals surface area contributed by atoms with Gasteiger partial charge in [-0.2, -0.15) is 0 Å². The molecule has 0 aromatic heterocycles. The van der Waals surface area contributed by atoms with Crippen LogP contribution in [0, 0.1) is 5.92 Å². The third-order valence-corrected chi connectivity index (χ3v) is 2.81. The summed E-state index contributed by atoms with van der Waals surface area (Å²) in [6.07, 6.45) is 3.02. The molecule has 2 nitrogen and oxygen atoms in total. The van der Waals surface area contributed by atoms with Crippen molar-refractivity contribution in [1.82, 2.24) is 0 Å². The lowest BCUT2D eigenvalue weighted by Crippen LogP contribution is -2.32. The largest absolute Gasteiger partial charge is 0.469 e. The van der Waals surface area contributed by atoms with Gasteiger partial charge in [-0.05, 0) is 12.8 Å². The molecule has 1 aliphatic carbocycles. The van der Waals surface area contributed by atoms with Gasteiger partial charge in [0.2, 0.25) is 0 Å². The van der Waals surface area contributed by atoms with Crippen LogP contribution in [0.4, 0.5) is 8.78 Å². The average Bonchev–Trinajstić information content (AvgIpc) is 2.18. The molecule has 82 valence electrons. The maximum absolute atomic E-state index is 13.4. The summed E-state index contributed by atoms with van der Waals surface area (Å²) in [7, 11) is 1.14. The fraction of sp³-hybridized carbons (Fsp3) is 0.900. The van der Waals surface area contributed by atoms with Crippen molar-refractivity contribution in [3.05, 3.63) is 0 Å². The van der Waals surface area contributed by atoms with Crippen molar-refractivity contribution in [2.45, 2.75) is 44.4 Å². The lowest BCUT2D eigenvalue weighted by atomic mass is 9.83. The van der Waals surface area contributed by atoms with E-state index in [1.807, 2.05) is 0 Å². The quantitative estimate of drug-likeness (QED) is 0.664. The molecule has 0 aliphatic heterocycles. The van der Waals surface area contributed by atoms with Gasteiger partial charge in [-0.15, -0.1) is 0 Å². The Balaban J connectivity index is 2.49. The number of carbonyl (C=O) groups excluding carboxylic acids is 1. The van der Waals surface area contributed by atoms with Crippen molar-refractivity contribution in [3.8, 4) is 0 Å². The predicted molar refractivity (Wildman–Crippen MR) is 48.2 cm³/mol. The molecular weight excluding hydrogens is 190 g/mol. The first-order valence-corrected chi connectivity index (χ1v) is 5.01. The van der Waals surface area contributed by atoms with Gasteiger partial charge in [-0.1, -0.05) is 19.3 Å². The van der Waals surface area contributed by atoms with Crippen molar-refractivity contribution < 1.29 is 18.3 Å². The summed E-state index contributed by atoms with van der Waals surface area (Å²) in [5, 5.41) is 0. The van der Waals surface area contributed by atoms with E-state index in [1.54, 1.807) is 0 Å². The van der Waals surface area contributed by atoms with E-state index in [0.717, 1.165) is 26.4 Å². The third-order valence-electron chi connectivity index (χ3n) is 2.81. The first-order chi connectivity index (χ1) is 6.56. The Hall–Kier alpha value is -0.670. The molecule has 4 heteroatoms. The topological polar surface area (TPSA) is 26.3 Å². The lowest BCUT2D eigenvalue weighted by molar-refractivity contribution is -0.154. The minimum Gasteiger partial charge on any atom is -0.469 e. The van der Waals surface area contributed by atoms with Gasteiger partial charge in [0, 0.05) is 5.92 Å². The van der Waals surface area contributed by atoms with Crippen LogP contribution in [0.25, 0.3) is 0 Å². The van der Waals surface area contributed by atoms with Crippen molar-refractivity contribution in [1.29, 1.82) is 0 Å². The molecule has 0 saturated heterocycles. The second-order valence-corrected chi connectivity index (χ2v) is 3.85. The highest BCUT2D eigenvalue weighted by Gasteiger charge is 2.41. The Labute approximate surface area is 82.6 Å². The van der Waals surface area contributed by atoms with Gasteiger partial charge >= 0.3 is 5.97 Å². The molecule has 0 atom stereocenters. The summed E-state index contributed by atoms with van der Waals surface area (Å²) >= 11 is 0. The summed E-state index contributed by atoms with van der Waals surface area (Å²) in [5.41, 5.74) is 0. The molecule has 0 unspecified atom stereocenters. The van der Waals surface area contributed by atoms with Crippen LogP contribution >= 0.6 is 0 Å². The van der Waals surface area contributed by atoms with Crippen molar-refractivity contribution in [3.63, 3.8) is 0 Å². The molecule has 0 bridgehead atoms. The predicted octanol–water partition coefficient (Wildman–Crippen LogP) is 2.77. The molecule has 0 N–H and O–H groups in total. The highest BCUT2D eigenvalue weighted by Crippen LogP contribution is 2.38. The highest BCUT2D eigenvalue weighted by molar-refractivity contribution is 5.70. The SMILES string of the molecule is COC(=O)CC(F)(F)C1CCCCC1. The molecule has 0 heterocycles. The van der Waals surface area contributed by atoms with Gasteiger partial charge in [0.25, 0.3) is 5.92 Å². The maximum Gasteiger partial charge on any atom is 0.311 e. The van der Waals surface area contributed by atoms with E-state index >= 15 is 0 Å². The van der Waals surface area contributed by atoms with Crippen LogP contribution in [-0.2, 0) is 9.53 Å². The number of esters is 1. The van der Waals surface area contributed by atoms with Gasteiger partial charge in [0.15, 0.2) is 0 Å². The number of carbonyl (C=O) groups is 1. The lowest BCUT2D eigenvalue weighted by Gasteiger charge is -2.29. The number of halogens is 2. The van der Waals surface area contributed by atoms with Gasteiger partial charge < -0.3 is 4.74 Å². The normalized spacial score (nSPS) is 19.4. The second-order valence-electron chi connectivity index (χ2n) is 3.85. The molecular formula is C10H16F2O2. The van der Waals surface area contributed by atoms with Crippen LogP contribution in [0.15, 0.2) is 0 Å². The maximum atomic E-state index is 13.4. The van der Waals surface area contributed by atoms with Crippen LogP contribution in [-0.4, -0.2) is 19.0 Å². The van der Waals surface area contributed by atoms with Crippen LogP contribution < -0.4 is 0 Å². The first kappa shape index (κ1) is 11.4. The molecule has 0 radical (unpaired) electrons. The van der Waals surface area contributed by atoms with Crippen LogP contribution in [0.2, 0.25) is 0 Å². The zero-order chi connectivity index (χ0) is 10.6. The number of hydrogen-bond acceptors (Lipinski definition) is 2. The molecule has 0 spiro atoms. The standard InChI is InChI=1S/C10H16F2O2/c1-14-9(13)7-10(11,12)8-5-3-2-4-6-8/h8H,2-7H2,1H3. The van der Waals surface area contributed by atoms with E-state index in [1.165, 1.54) is 0 Å². The molecule has 1 aliphatic rings. The molecule has 0 aromatic carbocycles. The smallest absolute Gasteiger partial charge is 0.311 e. The number of methoxy groups -OCH3 is 1. The van der Waals surface area contributed by atoms with E-state index in [2.05, 4.69) is 4.74 Å². The van der Waals surface area contributed by atoms with E-state index in [0.29, 0.717) is 12.8 Å². The van der Waals surface area contributed by atoms with Gasteiger partial charge in [0.1, 0.15) is 6.42 Å². The molecule has 0 amide bonds. The highest BCUT2D eigenvalue weighted by atomic mass is 19.3. The van der Waals surface area contributed by atoms with E-state index in [9.17, 15) is 13.6 Å². The molecule has 1 fully saturated rings. The molecule has 1 rings (SSSR count). The Morgan fingerprint density at radius 1 is 1.36 bits per heavy atom. The summed E-state index contributed by atoms with van der Waals surface area (Å²) in [6, 6.07) is 0. The van der Waals surface area contributed by atoms with Crippen molar-refractivity contribution >= 4 is 5.97 Å². The Morgan fingerprint density at radius 2 is 1.93 bits per heavy atom. The van der Waals surface area contributed by atoms with Crippen LogP contribution in [0.3, 0.4) is 0 Å². The van der Waals surface area contributed by atoms with Crippen molar-refractivity contribution in [2.24, 2.45) is 5.92 Å². The minimum atomic E-state index is -2.88. The first-order valence-electron chi connectivity index (χ1n) is 5.01. The number of ether oxygens (including phenoxy) is 1. The Bertz CT molecular complexity index is 198. The zero-order valence-corrected chi connectivity index (χ0v) is 8.39. The zero-order valence-electron chi connectivity index (χ0n) is 8.39. The summed E-state index contributed by atoms with van der Waals surface area (Å²) in [4.78, 5) is 10.8. The summed E-state index contributed by atoms with van der Waals surface area (Å²) in [5.74, 6) is -4.33. The van der Waals surface area contributed by atoms with Crippen molar-refractivity contribution in [2.75, 3.05) is 7.11 Å². The van der Waals surface area contributed by atoms with Crippen LogP contribution in [0.1, 0.15) is 38.5 Å². The summed E-state index contributed by atoms with van der Waals surface area (Å²) in [6.45, 7) is 0. The van der Waals surface area contributed by atoms with Crippen LogP contribution in [0.5, 0.6) is 0 Å². The van der Waals surface area contributed by atoms with Gasteiger partial charge in [-0.3, -0.25) is 4.79 Å². The minimum absolute atomic E-state index is 0.532. The number of alkyl halides is 2. The average molecular weight is 206 g/mol.